The van der Waals surface area contributed by atoms with Gasteiger partial charge in [0.05, 0.1) is 25.0 Å². The van der Waals surface area contributed by atoms with E-state index < -0.39 is 18.8 Å². The third-order valence-electron chi connectivity index (χ3n) is 6.16. The summed E-state index contributed by atoms with van der Waals surface area (Å²) in [6.07, 6.45) is -1.37. The number of nitrogens with zero attached hydrogens (tertiary/aromatic N) is 3. The molecule has 1 aromatic heterocycles. The van der Waals surface area contributed by atoms with E-state index in [4.69, 9.17) is 4.74 Å². The molecule has 0 saturated carbocycles. The van der Waals surface area contributed by atoms with Crippen LogP contribution in [0.1, 0.15) is 42.6 Å². The Morgan fingerprint density at radius 3 is 2.79 bits per heavy atom. The number of fused-ring (bicyclic) bond motifs is 2. The fourth-order valence-electron chi connectivity index (χ4n) is 4.75. The number of aromatic nitrogens is 2. The largest absolute Gasteiger partial charge is 0.476 e. The van der Waals surface area contributed by atoms with Crippen molar-refractivity contribution in [3.8, 4) is 5.88 Å². The van der Waals surface area contributed by atoms with E-state index in [0.717, 1.165) is 22.3 Å². The van der Waals surface area contributed by atoms with Gasteiger partial charge < -0.3 is 10.1 Å². The summed E-state index contributed by atoms with van der Waals surface area (Å²) in [5, 5.41) is 3.06. The van der Waals surface area contributed by atoms with Crippen molar-refractivity contribution in [3.63, 3.8) is 0 Å². The van der Waals surface area contributed by atoms with Gasteiger partial charge in [-0.3, -0.25) is 9.29 Å². The zero-order valence-electron chi connectivity index (χ0n) is 18.5. The maximum Gasteiger partial charge on any atom is 0.401 e. The number of hydrogen-bond donors (Lipinski definition) is 1. The number of rotatable bonds is 9. The molecule has 33 heavy (non-hydrogen) atoms. The third-order valence-corrected chi connectivity index (χ3v) is 6.16. The average molecular weight is 465 g/mol. The van der Waals surface area contributed by atoms with Crippen LogP contribution >= 0.6 is 0 Å². The molecule has 2 aromatic rings. The van der Waals surface area contributed by atoms with Crippen LogP contribution in [0.25, 0.3) is 5.57 Å². The van der Waals surface area contributed by atoms with Gasteiger partial charge in [0.1, 0.15) is 12.9 Å². The Balaban J connectivity index is 1.60. The molecule has 0 amide bonds. The highest BCUT2D eigenvalue weighted by Gasteiger charge is 2.44. The molecule has 1 N–H and O–H groups in total. The summed E-state index contributed by atoms with van der Waals surface area (Å²) in [4.78, 5) is 10.0. The first kappa shape index (κ1) is 23.6. The lowest BCUT2D eigenvalue weighted by molar-refractivity contribution is -0.155. The van der Waals surface area contributed by atoms with Gasteiger partial charge in [-0.25, -0.2) is 9.97 Å². The first-order valence-corrected chi connectivity index (χ1v) is 11.2. The Labute approximate surface area is 190 Å². The molecule has 1 aromatic carbocycles. The molecule has 5 nitrogen and oxygen atoms in total. The van der Waals surface area contributed by atoms with Crippen molar-refractivity contribution in [2.45, 2.75) is 44.4 Å². The van der Waals surface area contributed by atoms with E-state index >= 15 is 0 Å². The van der Waals surface area contributed by atoms with Crippen LogP contribution in [0.3, 0.4) is 0 Å². The zero-order chi connectivity index (χ0) is 23.4. The molecule has 2 atom stereocenters. The second-order valence-corrected chi connectivity index (χ2v) is 8.50. The van der Waals surface area contributed by atoms with Gasteiger partial charge >= 0.3 is 6.18 Å². The number of benzene rings is 1. The van der Waals surface area contributed by atoms with E-state index in [2.05, 4.69) is 15.3 Å². The molecule has 2 aliphatic rings. The fraction of sp³-hybridized carbons (Fsp3) is 0.500. The van der Waals surface area contributed by atoms with Gasteiger partial charge in [0, 0.05) is 18.7 Å². The predicted octanol–water partition coefficient (Wildman–Crippen LogP) is 4.51. The third kappa shape index (κ3) is 5.52. The molecule has 1 aliphatic heterocycles. The number of ether oxygens (including phenoxy) is 1. The Morgan fingerprint density at radius 2 is 2.00 bits per heavy atom. The first-order valence-electron chi connectivity index (χ1n) is 11.2. The highest BCUT2D eigenvalue weighted by molar-refractivity contribution is 5.78. The SMILES string of the molecule is C[C@@H]1CC2=C(Cc3ccccc32)[C@@H](c2cc(OCCNCCCF)ncn2)N1CC(F)(F)F. The van der Waals surface area contributed by atoms with Gasteiger partial charge in [-0.1, -0.05) is 24.3 Å². The van der Waals surface area contributed by atoms with Gasteiger partial charge in [0.25, 0.3) is 0 Å². The number of halogens is 4. The van der Waals surface area contributed by atoms with Crippen LogP contribution in [0.5, 0.6) is 5.88 Å². The van der Waals surface area contributed by atoms with E-state index in [-0.39, 0.29) is 12.7 Å². The molecule has 0 fully saturated rings. The minimum atomic E-state index is -4.33. The number of hydrogen-bond acceptors (Lipinski definition) is 5. The van der Waals surface area contributed by atoms with Crippen molar-refractivity contribution < 1.29 is 22.3 Å². The summed E-state index contributed by atoms with van der Waals surface area (Å²) < 4.78 is 58.5. The summed E-state index contributed by atoms with van der Waals surface area (Å²) in [6, 6.07) is 8.74. The van der Waals surface area contributed by atoms with E-state index in [1.807, 2.05) is 31.2 Å². The molecule has 1 aliphatic carbocycles. The summed E-state index contributed by atoms with van der Waals surface area (Å²) >= 11 is 0. The van der Waals surface area contributed by atoms with Crippen molar-refractivity contribution in [1.29, 1.82) is 0 Å². The van der Waals surface area contributed by atoms with Crippen molar-refractivity contribution >= 4 is 5.57 Å². The van der Waals surface area contributed by atoms with Crippen molar-refractivity contribution in [2.24, 2.45) is 0 Å². The van der Waals surface area contributed by atoms with Gasteiger partial charge in [0.2, 0.25) is 5.88 Å². The minimum absolute atomic E-state index is 0.305. The monoisotopic (exact) mass is 464 g/mol. The summed E-state index contributed by atoms with van der Waals surface area (Å²) in [7, 11) is 0. The van der Waals surface area contributed by atoms with Gasteiger partial charge in [-0.15, -0.1) is 0 Å². The van der Waals surface area contributed by atoms with Crippen molar-refractivity contribution in [2.75, 3.05) is 32.9 Å². The lowest BCUT2D eigenvalue weighted by Crippen LogP contribution is -2.46. The minimum Gasteiger partial charge on any atom is -0.476 e. The van der Waals surface area contributed by atoms with Crippen molar-refractivity contribution in [3.05, 3.63) is 59.1 Å². The Morgan fingerprint density at radius 1 is 1.18 bits per heavy atom. The van der Waals surface area contributed by atoms with Crippen LogP contribution in [0.15, 0.2) is 42.2 Å². The molecule has 0 saturated heterocycles. The first-order chi connectivity index (χ1) is 15.9. The molecule has 4 rings (SSSR count). The van der Waals surface area contributed by atoms with Crippen LogP contribution in [-0.4, -0.2) is 60.0 Å². The number of nitrogens with one attached hydrogen (secondary N) is 1. The lowest BCUT2D eigenvalue weighted by Gasteiger charge is -2.42. The van der Waals surface area contributed by atoms with Crippen LogP contribution < -0.4 is 10.1 Å². The predicted molar refractivity (Wildman–Crippen MR) is 118 cm³/mol. The van der Waals surface area contributed by atoms with Crippen LogP contribution in [-0.2, 0) is 6.42 Å². The topological polar surface area (TPSA) is 50.3 Å². The molecule has 0 radical (unpaired) electrons. The van der Waals surface area contributed by atoms with Crippen LogP contribution in [0, 0.1) is 0 Å². The summed E-state index contributed by atoms with van der Waals surface area (Å²) in [5.74, 6) is 0.315. The highest BCUT2D eigenvalue weighted by atomic mass is 19.4. The molecule has 0 bridgehead atoms. The highest BCUT2D eigenvalue weighted by Crippen LogP contribution is 2.49. The number of alkyl halides is 4. The standard InChI is InChI=1S/C24H28F4N4O/c1-16-11-19-18-6-3-2-5-17(18)12-20(19)23(32(16)14-24(26,27)28)21-13-22(31-15-30-21)33-10-9-29-8-4-7-25/h2-3,5-6,13,15-16,23,29H,4,7-12,14H2,1H3/t16-,23+/m1/s1. The second-order valence-electron chi connectivity index (χ2n) is 8.50. The van der Waals surface area contributed by atoms with Gasteiger partial charge in [-0.05, 0) is 55.0 Å². The Bertz CT molecular complexity index is 994. The fourth-order valence-corrected chi connectivity index (χ4v) is 4.75. The molecule has 9 heteroatoms. The lowest BCUT2D eigenvalue weighted by atomic mass is 9.87. The normalized spacial score (nSPS) is 20.6. The van der Waals surface area contributed by atoms with Gasteiger partial charge in [0.15, 0.2) is 0 Å². The van der Waals surface area contributed by atoms with Crippen LogP contribution in [0.4, 0.5) is 17.6 Å². The zero-order valence-corrected chi connectivity index (χ0v) is 18.5. The smallest absolute Gasteiger partial charge is 0.401 e. The molecule has 0 unspecified atom stereocenters. The molecule has 2 heterocycles. The molecular weight excluding hydrogens is 436 g/mol. The Kier molecular flexibility index (Phi) is 7.29. The van der Waals surface area contributed by atoms with E-state index in [9.17, 15) is 17.6 Å². The van der Waals surface area contributed by atoms with E-state index in [0.29, 0.717) is 50.5 Å². The van der Waals surface area contributed by atoms with Crippen LogP contribution in [0.2, 0.25) is 0 Å². The van der Waals surface area contributed by atoms with E-state index in [1.165, 1.54) is 11.2 Å². The average Bonchev–Trinajstić information content (AvgIpc) is 3.14. The maximum atomic E-state index is 13.5. The summed E-state index contributed by atoms with van der Waals surface area (Å²) in [6.45, 7) is 1.84. The molecule has 0 spiro atoms. The van der Waals surface area contributed by atoms with E-state index in [1.54, 1.807) is 6.07 Å². The second kappa shape index (κ2) is 10.2. The maximum absolute atomic E-state index is 13.5. The molecular formula is C24H28F4N4O. The summed E-state index contributed by atoms with van der Waals surface area (Å²) in [5.41, 5.74) is 4.86. The van der Waals surface area contributed by atoms with Crippen molar-refractivity contribution in [1.82, 2.24) is 20.2 Å². The Hall–Kier alpha value is -2.52. The molecule has 178 valence electrons. The van der Waals surface area contributed by atoms with Gasteiger partial charge in [-0.2, -0.15) is 13.2 Å². The quantitative estimate of drug-likeness (QED) is 0.437.